The fourth-order valence-corrected chi connectivity index (χ4v) is 2.83. The third-order valence-corrected chi connectivity index (χ3v) is 3.98. The topological polar surface area (TPSA) is 58.1 Å². The average molecular weight is 385 g/mol. The number of hydrogen-bond donors (Lipinski definition) is 2. The zero-order valence-electron chi connectivity index (χ0n) is 17.6. The molecule has 0 aromatic heterocycles. The maximum atomic E-state index is 5.58. The number of rotatable bonds is 9. The second-order valence-electron chi connectivity index (χ2n) is 6.68. The third kappa shape index (κ3) is 6.78. The fourth-order valence-electron chi connectivity index (χ4n) is 2.83. The summed E-state index contributed by atoms with van der Waals surface area (Å²) in [6, 6.07) is 14.3. The van der Waals surface area contributed by atoms with Crippen molar-refractivity contribution in [2.45, 2.75) is 26.9 Å². The number of ether oxygens (including phenoxy) is 2. The van der Waals surface area contributed by atoms with Crippen molar-refractivity contribution in [2.24, 2.45) is 4.99 Å². The van der Waals surface area contributed by atoms with E-state index in [1.54, 1.807) is 7.11 Å². The Bertz CT molecular complexity index is 775. The van der Waals surface area contributed by atoms with E-state index in [0.29, 0.717) is 18.9 Å². The summed E-state index contributed by atoms with van der Waals surface area (Å²) in [6.07, 6.45) is 0. The second kappa shape index (κ2) is 11.2. The van der Waals surface area contributed by atoms with Crippen LogP contribution < -0.4 is 20.1 Å². The molecule has 0 saturated carbocycles. The predicted molar refractivity (Wildman–Crippen MR) is 116 cm³/mol. The molecule has 28 heavy (non-hydrogen) atoms. The highest BCUT2D eigenvalue weighted by Gasteiger charge is 2.07. The number of methoxy groups -OCH3 is 1. The van der Waals surface area contributed by atoms with Gasteiger partial charge in [-0.15, -0.1) is 0 Å². The lowest BCUT2D eigenvalue weighted by Crippen LogP contribution is -2.30. The first kappa shape index (κ1) is 21.6. The van der Waals surface area contributed by atoms with Gasteiger partial charge in [0.2, 0.25) is 0 Å². The van der Waals surface area contributed by atoms with Crippen LogP contribution in [-0.4, -0.2) is 45.2 Å². The van der Waals surface area contributed by atoms with Crippen LogP contribution in [0.2, 0.25) is 0 Å². The number of guanidine groups is 1. The number of nitrogens with zero attached hydrogens (tertiary/aromatic N) is 2. The van der Waals surface area contributed by atoms with E-state index >= 15 is 0 Å². The van der Waals surface area contributed by atoms with Gasteiger partial charge in [-0.3, -0.25) is 0 Å². The maximum Gasteiger partial charge on any atom is 0.196 e. The molecule has 0 amide bonds. The van der Waals surface area contributed by atoms with E-state index in [1.807, 2.05) is 32.0 Å². The molecule has 2 rings (SSSR count). The van der Waals surface area contributed by atoms with Crippen LogP contribution in [0.3, 0.4) is 0 Å². The van der Waals surface area contributed by atoms with Gasteiger partial charge in [0.25, 0.3) is 0 Å². The highest BCUT2D eigenvalue weighted by molar-refractivity contribution is 5.93. The van der Waals surface area contributed by atoms with E-state index in [-0.39, 0.29) is 0 Å². The summed E-state index contributed by atoms with van der Waals surface area (Å²) in [5.41, 5.74) is 3.36. The molecule has 0 bridgehead atoms. The van der Waals surface area contributed by atoms with E-state index in [1.165, 1.54) is 11.1 Å². The lowest BCUT2D eigenvalue weighted by molar-refractivity contribution is 0.311. The van der Waals surface area contributed by atoms with Gasteiger partial charge >= 0.3 is 0 Å². The number of nitrogens with one attached hydrogen (secondary N) is 2. The lowest BCUT2D eigenvalue weighted by Gasteiger charge is -2.14. The molecule has 0 aliphatic carbocycles. The quantitative estimate of drug-likeness (QED) is 0.510. The molecule has 6 nitrogen and oxygen atoms in total. The van der Waals surface area contributed by atoms with Crippen LogP contribution >= 0.6 is 0 Å². The van der Waals surface area contributed by atoms with Crippen molar-refractivity contribution in [1.29, 1.82) is 0 Å². The van der Waals surface area contributed by atoms with E-state index in [4.69, 9.17) is 14.5 Å². The molecule has 0 heterocycles. The first-order chi connectivity index (χ1) is 13.5. The van der Waals surface area contributed by atoms with Crippen LogP contribution in [0.1, 0.15) is 25.0 Å². The van der Waals surface area contributed by atoms with Gasteiger partial charge in [0, 0.05) is 24.8 Å². The van der Waals surface area contributed by atoms with Gasteiger partial charge in [-0.1, -0.05) is 24.3 Å². The Morgan fingerprint density at radius 3 is 2.50 bits per heavy atom. The van der Waals surface area contributed by atoms with Gasteiger partial charge in [0.1, 0.15) is 0 Å². The summed E-state index contributed by atoms with van der Waals surface area (Å²) in [5, 5.41) is 6.62. The standard InChI is InChI=1S/C22H32N4O2/c1-6-23-22(24-15-17-9-8-10-18(13-17)16-26(3)4)25-19-11-12-20(28-7-2)21(14-19)27-5/h8-14H,6-7,15-16H2,1-5H3,(H2,23,24,25). The van der Waals surface area contributed by atoms with Crippen LogP contribution in [0, 0.1) is 0 Å². The number of anilines is 1. The van der Waals surface area contributed by atoms with Crippen LogP contribution in [0.5, 0.6) is 11.5 Å². The minimum Gasteiger partial charge on any atom is -0.493 e. The van der Waals surface area contributed by atoms with Crippen molar-refractivity contribution in [3.63, 3.8) is 0 Å². The summed E-state index contributed by atoms with van der Waals surface area (Å²) in [7, 11) is 5.79. The predicted octanol–water partition coefficient (Wildman–Crippen LogP) is 3.73. The van der Waals surface area contributed by atoms with Crippen molar-refractivity contribution < 1.29 is 9.47 Å². The summed E-state index contributed by atoms with van der Waals surface area (Å²) in [4.78, 5) is 6.88. The van der Waals surface area contributed by atoms with E-state index < -0.39 is 0 Å². The smallest absolute Gasteiger partial charge is 0.196 e. The van der Waals surface area contributed by atoms with Crippen molar-refractivity contribution in [2.75, 3.05) is 39.7 Å². The Morgan fingerprint density at radius 2 is 1.82 bits per heavy atom. The molecule has 2 aromatic carbocycles. The maximum absolute atomic E-state index is 5.58. The highest BCUT2D eigenvalue weighted by Crippen LogP contribution is 2.30. The van der Waals surface area contributed by atoms with Gasteiger partial charge in [-0.05, 0) is 51.2 Å². The molecule has 2 N–H and O–H groups in total. The molecular formula is C22H32N4O2. The van der Waals surface area contributed by atoms with Crippen molar-refractivity contribution in [3.05, 3.63) is 53.6 Å². The molecule has 0 aliphatic heterocycles. The molecule has 0 unspecified atom stereocenters. The average Bonchev–Trinajstić information content (AvgIpc) is 2.67. The molecule has 0 aliphatic rings. The van der Waals surface area contributed by atoms with Crippen molar-refractivity contribution >= 4 is 11.6 Å². The zero-order chi connectivity index (χ0) is 20.4. The Morgan fingerprint density at radius 1 is 1.04 bits per heavy atom. The third-order valence-electron chi connectivity index (χ3n) is 3.98. The molecule has 6 heteroatoms. The van der Waals surface area contributed by atoms with E-state index in [2.05, 4.69) is 53.9 Å². The molecule has 0 spiro atoms. The molecule has 0 saturated heterocycles. The summed E-state index contributed by atoms with van der Waals surface area (Å²) < 4.78 is 11.0. The van der Waals surface area contributed by atoms with Gasteiger partial charge in [-0.2, -0.15) is 0 Å². The van der Waals surface area contributed by atoms with Gasteiger partial charge in [0.15, 0.2) is 17.5 Å². The second-order valence-corrected chi connectivity index (χ2v) is 6.68. The molecule has 152 valence electrons. The zero-order valence-corrected chi connectivity index (χ0v) is 17.6. The number of benzene rings is 2. The largest absolute Gasteiger partial charge is 0.493 e. The minimum absolute atomic E-state index is 0.597. The first-order valence-corrected chi connectivity index (χ1v) is 9.64. The van der Waals surface area contributed by atoms with Gasteiger partial charge in [-0.25, -0.2) is 4.99 Å². The van der Waals surface area contributed by atoms with Crippen molar-refractivity contribution in [3.8, 4) is 11.5 Å². The Labute approximate surface area is 168 Å². The van der Waals surface area contributed by atoms with Gasteiger partial charge in [0.05, 0.1) is 20.3 Å². The molecule has 0 atom stereocenters. The van der Waals surface area contributed by atoms with E-state index in [9.17, 15) is 0 Å². The SMILES string of the molecule is CCNC(=NCc1cccc(CN(C)C)c1)Nc1ccc(OCC)c(OC)c1. The molecular weight excluding hydrogens is 352 g/mol. The fraction of sp³-hybridized carbons (Fsp3) is 0.409. The Kier molecular flexibility index (Phi) is 8.62. The molecule has 0 fully saturated rings. The van der Waals surface area contributed by atoms with Crippen molar-refractivity contribution in [1.82, 2.24) is 10.2 Å². The number of hydrogen-bond acceptors (Lipinski definition) is 4. The summed E-state index contributed by atoms with van der Waals surface area (Å²) in [6.45, 7) is 6.90. The normalized spacial score (nSPS) is 11.4. The van der Waals surface area contributed by atoms with Gasteiger partial charge < -0.3 is 25.0 Å². The highest BCUT2D eigenvalue weighted by atomic mass is 16.5. The molecule has 2 aromatic rings. The minimum atomic E-state index is 0.597. The van der Waals surface area contributed by atoms with Crippen LogP contribution in [-0.2, 0) is 13.1 Å². The van der Waals surface area contributed by atoms with Crippen LogP contribution in [0.4, 0.5) is 5.69 Å². The summed E-state index contributed by atoms with van der Waals surface area (Å²) in [5.74, 6) is 2.15. The molecule has 0 radical (unpaired) electrons. The Hall–Kier alpha value is -2.73. The summed E-state index contributed by atoms with van der Waals surface area (Å²) >= 11 is 0. The van der Waals surface area contributed by atoms with Crippen LogP contribution in [0.25, 0.3) is 0 Å². The lowest BCUT2D eigenvalue weighted by atomic mass is 10.1. The van der Waals surface area contributed by atoms with E-state index in [0.717, 1.165) is 30.5 Å². The Balaban J connectivity index is 2.12. The first-order valence-electron chi connectivity index (χ1n) is 9.64. The monoisotopic (exact) mass is 384 g/mol. The van der Waals surface area contributed by atoms with Crippen LogP contribution in [0.15, 0.2) is 47.5 Å². The number of aliphatic imine (C=N–C) groups is 1.